The van der Waals surface area contributed by atoms with Crippen LogP contribution in [0.5, 0.6) is 0 Å². The van der Waals surface area contributed by atoms with Gasteiger partial charge in [0.05, 0.1) is 17.4 Å². The maximum absolute atomic E-state index is 14.4. The number of carbonyl (C=O) groups is 2. The van der Waals surface area contributed by atoms with Crippen molar-refractivity contribution in [1.82, 2.24) is 20.0 Å². The van der Waals surface area contributed by atoms with Crippen LogP contribution in [-0.4, -0.2) is 58.8 Å². The van der Waals surface area contributed by atoms with E-state index in [2.05, 4.69) is 10.4 Å². The first kappa shape index (κ1) is 25.5. The summed E-state index contributed by atoms with van der Waals surface area (Å²) >= 11 is 0. The first-order valence-electron chi connectivity index (χ1n) is 13.7. The molecule has 1 N–H and O–H groups in total. The Labute approximate surface area is 218 Å². The molecule has 206 valence electrons. The fraction of sp³-hybridized carbons (Fsp3) is 0.667. The molecule has 3 fully saturated rings. The van der Waals surface area contributed by atoms with Crippen molar-refractivity contribution in [2.45, 2.75) is 76.6 Å². The molecule has 1 unspecified atom stereocenters. The Morgan fingerprint density at radius 2 is 1.92 bits per heavy atom. The largest absolute Gasteiger partial charge is 0.455 e. The highest BCUT2D eigenvalue weighted by molar-refractivity contribution is 5.96. The second-order valence-corrected chi connectivity index (χ2v) is 11.3. The van der Waals surface area contributed by atoms with E-state index in [0.29, 0.717) is 32.2 Å². The molecule has 1 saturated carbocycles. The number of ether oxygens (including phenoxy) is 1. The number of fused-ring (bicyclic) bond motifs is 3. The summed E-state index contributed by atoms with van der Waals surface area (Å²) in [6, 6.07) is 0. The average Bonchev–Trinajstić information content (AvgIpc) is 3.25. The molecule has 2 atom stereocenters. The van der Waals surface area contributed by atoms with Crippen molar-refractivity contribution in [3.05, 3.63) is 28.8 Å². The number of halogens is 3. The first-order valence-corrected chi connectivity index (χ1v) is 13.7. The molecule has 6 rings (SSSR count). The second kappa shape index (κ2) is 9.73. The zero-order chi connectivity index (χ0) is 26.6. The number of nitrogens with one attached hydrogen (secondary N) is 1. The molecule has 4 aliphatic rings. The SMILES string of the molecule is CC1Cc2oc(C(=O)NC[C@@H]3CCCO3)c(C(F)(F)F)c2-c2nn(CC3CCN(C(=O)C4CC4)CC3)cc21. The number of likely N-dealkylation sites (tertiary alicyclic amines) is 1. The summed E-state index contributed by atoms with van der Waals surface area (Å²) < 4.78 is 56.0. The quantitative estimate of drug-likeness (QED) is 0.594. The third kappa shape index (κ3) is 4.85. The fourth-order valence-corrected chi connectivity index (χ4v) is 6.06. The van der Waals surface area contributed by atoms with E-state index < -0.39 is 23.4 Å². The van der Waals surface area contributed by atoms with Gasteiger partial charge in [0.2, 0.25) is 11.7 Å². The molecular formula is C27H33F3N4O4. The lowest BCUT2D eigenvalue weighted by Gasteiger charge is -2.32. The van der Waals surface area contributed by atoms with Crippen molar-refractivity contribution in [2.75, 3.05) is 26.2 Å². The molecule has 2 aromatic rings. The van der Waals surface area contributed by atoms with Crippen molar-refractivity contribution in [1.29, 1.82) is 0 Å². The van der Waals surface area contributed by atoms with Crippen LogP contribution in [0.3, 0.4) is 0 Å². The van der Waals surface area contributed by atoms with Gasteiger partial charge >= 0.3 is 6.18 Å². The van der Waals surface area contributed by atoms with Crippen molar-refractivity contribution < 1.29 is 31.9 Å². The van der Waals surface area contributed by atoms with E-state index >= 15 is 0 Å². The van der Waals surface area contributed by atoms with Crippen LogP contribution in [0.15, 0.2) is 10.6 Å². The average molecular weight is 535 g/mol. The van der Waals surface area contributed by atoms with Gasteiger partial charge in [-0.2, -0.15) is 18.3 Å². The molecule has 0 radical (unpaired) electrons. The van der Waals surface area contributed by atoms with E-state index in [0.717, 1.165) is 44.1 Å². The summed E-state index contributed by atoms with van der Waals surface area (Å²) in [5.41, 5.74) is -0.190. The van der Waals surface area contributed by atoms with Crippen molar-refractivity contribution >= 4 is 11.8 Å². The third-order valence-electron chi connectivity index (χ3n) is 8.33. The zero-order valence-electron chi connectivity index (χ0n) is 21.5. The van der Waals surface area contributed by atoms with Gasteiger partial charge in [0.1, 0.15) is 11.3 Å². The zero-order valence-corrected chi connectivity index (χ0v) is 21.5. The standard InChI is InChI=1S/C27H33F3N4O4/c1-15-11-20-21(22(27(28,29)30)24(38-20)25(35)31-12-18-3-2-10-37-18)23-19(15)14-34(32-23)13-16-6-8-33(9-7-16)26(36)17-4-5-17/h14-18H,2-13H2,1H3,(H,31,35)/t15?,18-/m0/s1. The van der Waals surface area contributed by atoms with Gasteiger partial charge in [0, 0.05) is 56.9 Å². The van der Waals surface area contributed by atoms with Crippen LogP contribution >= 0.6 is 0 Å². The topological polar surface area (TPSA) is 89.6 Å². The summed E-state index contributed by atoms with van der Waals surface area (Å²) in [6.45, 7) is 4.67. The van der Waals surface area contributed by atoms with E-state index in [-0.39, 0.29) is 53.8 Å². The molecule has 38 heavy (non-hydrogen) atoms. The molecule has 2 aromatic heterocycles. The summed E-state index contributed by atoms with van der Waals surface area (Å²) in [5.74, 6) is -0.780. The summed E-state index contributed by atoms with van der Waals surface area (Å²) in [4.78, 5) is 27.2. The molecule has 4 heterocycles. The van der Waals surface area contributed by atoms with Gasteiger partial charge in [-0.05, 0) is 50.4 Å². The lowest BCUT2D eigenvalue weighted by molar-refractivity contribution is -0.138. The normalized spacial score (nSPS) is 23.8. The Kier molecular flexibility index (Phi) is 6.52. The van der Waals surface area contributed by atoms with Gasteiger partial charge in [-0.3, -0.25) is 14.3 Å². The highest BCUT2D eigenvalue weighted by atomic mass is 19.4. The van der Waals surface area contributed by atoms with Crippen LogP contribution in [0, 0.1) is 11.8 Å². The van der Waals surface area contributed by atoms with Crippen LogP contribution in [0.1, 0.15) is 78.8 Å². The lowest BCUT2D eigenvalue weighted by atomic mass is 9.86. The Bertz CT molecular complexity index is 1220. The summed E-state index contributed by atoms with van der Waals surface area (Å²) in [6.07, 6.45) is 2.42. The van der Waals surface area contributed by atoms with Crippen LogP contribution in [0.2, 0.25) is 0 Å². The van der Waals surface area contributed by atoms with Crippen molar-refractivity contribution in [3.63, 3.8) is 0 Å². The number of hydrogen-bond acceptors (Lipinski definition) is 5. The molecule has 0 spiro atoms. The van der Waals surface area contributed by atoms with Gasteiger partial charge in [-0.15, -0.1) is 0 Å². The Balaban J connectivity index is 1.23. The van der Waals surface area contributed by atoms with Gasteiger partial charge < -0.3 is 19.4 Å². The minimum absolute atomic E-state index is 0.0979. The lowest BCUT2D eigenvalue weighted by Crippen LogP contribution is -2.40. The monoisotopic (exact) mass is 534 g/mol. The van der Waals surface area contributed by atoms with Crippen LogP contribution < -0.4 is 5.32 Å². The summed E-state index contributed by atoms with van der Waals surface area (Å²) in [5, 5.41) is 7.18. The van der Waals surface area contributed by atoms with Crippen LogP contribution in [0.4, 0.5) is 13.2 Å². The van der Waals surface area contributed by atoms with Crippen molar-refractivity contribution in [3.8, 4) is 11.3 Å². The van der Waals surface area contributed by atoms with Gasteiger partial charge in [-0.25, -0.2) is 0 Å². The Morgan fingerprint density at radius 1 is 1.16 bits per heavy atom. The Hall–Kier alpha value is -2.82. The number of furan rings is 1. The maximum atomic E-state index is 14.4. The van der Waals surface area contributed by atoms with Crippen LogP contribution in [-0.2, 0) is 28.7 Å². The number of rotatable bonds is 6. The van der Waals surface area contributed by atoms with E-state index in [9.17, 15) is 22.8 Å². The smallest absolute Gasteiger partial charge is 0.420 e. The predicted octanol–water partition coefficient (Wildman–Crippen LogP) is 4.38. The molecule has 2 aliphatic heterocycles. The summed E-state index contributed by atoms with van der Waals surface area (Å²) in [7, 11) is 0. The fourth-order valence-electron chi connectivity index (χ4n) is 6.06. The number of aromatic nitrogens is 2. The highest BCUT2D eigenvalue weighted by Crippen LogP contribution is 2.48. The van der Waals surface area contributed by atoms with E-state index in [4.69, 9.17) is 9.15 Å². The van der Waals surface area contributed by atoms with Gasteiger partial charge in [-0.1, -0.05) is 6.92 Å². The predicted molar refractivity (Wildman–Crippen MR) is 130 cm³/mol. The molecule has 2 amide bonds. The van der Waals surface area contributed by atoms with E-state index in [1.54, 1.807) is 4.68 Å². The molecule has 8 nitrogen and oxygen atoms in total. The third-order valence-corrected chi connectivity index (χ3v) is 8.33. The number of alkyl halides is 3. The maximum Gasteiger partial charge on any atom is 0.420 e. The number of hydrogen-bond donors (Lipinski definition) is 1. The molecule has 2 aliphatic carbocycles. The minimum atomic E-state index is -4.78. The molecule has 2 saturated heterocycles. The van der Waals surface area contributed by atoms with E-state index in [1.165, 1.54) is 0 Å². The Morgan fingerprint density at radius 3 is 2.58 bits per heavy atom. The highest BCUT2D eigenvalue weighted by Gasteiger charge is 2.46. The van der Waals surface area contributed by atoms with Crippen LogP contribution in [0.25, 0.3) is 11.3 Å². The molecule has 0 aromatic carbocycles. The number of carbonyl (C=O) groups excluding carboxylic acids is 2. The molecular weight excluding hydrogens is 501 g/mol. The molecule has 0 bridgehead atoms. The number of nitrogens with zero attached hydrogens (tertiary/aromatic N) is 3. The molecule has 11 heteroatoms. The minimum Gasteiger partial charge on any atom is -0.455 e. The van der Waals surface area contributed by atoms with E-state index in [1.807, 2.05) is 18.0 Å². The van der Waals surface area contributed by atoms with Gasteiger partial charge in [0.25, 0.3) is 5.91 Å². The first-order chi connectivity index (χ1) is 18.2. The second-order valence-electron chi connectivity index (χ2n) is 11.3. The van der Waals surface area contributed by atoms with Crippen molar-refractivity contribution in [2.24, 2.45) is 11.8 Å². The van der Waals surface area contributed by atoms with Gasteiger partial charge in [0.15, 0.2) is 0 Å². The number of piperidine rings is 1. The number of amides is 2.